The van der Waals surface area contributed by atoms with Gasteiger partial charge in [-0.05, 0) is 41.0 Å². The van der Waals surface area contributed by atoms with Crippen LogP contribution in [0.3, 0.4) is 0 Å². The molecule has 2 aromatic carbocycles. The fourth-order valence-corrected chi connectivity index (χ4v) is 5.50. The maximum Gasteiger partial charge on any atom is 0.407 e. The number of benzene rings is 2. The van der Waals surface area contributed by atoms with Gasteiger partial charge in [0, 0.05) is 5.92 Å². The first-order valence-electron chi connectivity index (χ1n) is 12.5. The van der Waals surface area contributed by atoms with Crippen molar-refractivity contribution in [2.45, 2.75) is 69.9 Å². The molecule has 7 heteroatoms. The van der Waals surface area contributed by atoms with Gasteiger partial charge >= 0.3 is 12.1 Å². The number of fused-ring (bicyclic) bond motifs is 3. The Kier molecular flexibility index (Phi) is 7.43. The fraction of sp³-hybridized carbons (Fsp3) is 0.464. The minimum Gasteiger partial charge on any atom is -0.481 e. The van der Waals surface area contributed by atoms with E-state index in [1.165, 1.54) is 0 Å². The van der Waals surface area contributed by atoms with Crippen molar-refractivity contribution in [2.75, 3.05) is 6.61 Å². The molecule has 0 heterocycles. The van der Waals surface area contributed by atoms with Crippen LogP contribution in [0.2, 0.25) is 0 Å². The number of carbonyl (C=O) groups is 3. The highest BCUT2D eigenvalue weighted by atomic mass is 16.5. The summed E-state index contributed by atoms with van der Waals surface area (Å²) in [6, 6.07) is 15.4. The number of carbonyl (C=O) groups excluding carboxylic acids is 2. The summed E-state index contributed by atoms with van der Waals surface area (Å²) >= 11 is 0. The molecule has 3 N–H and O–H groups in total. The second kappa shape index (κ2) is 10.5. The van der Waals surface area contributed by atoms with E-state index in [4.69, 9.17) is 4.74 Å². The van der Waals surface area contributed by atoms with Crippen LogP contribution in [0.25, 0.3) is 11.1 Å². The highest BCUT2D eigenvalue weighted by Gasteiger charge is 2.40. The molecule has 0 aromatic heterocycles. The quantitative estimate of drug-likeness (QED) is 0.478. The van der Waals surface area contributed by atoms with Gasteiger partial charge in [0.25, 0.3) is 0 Å². The van der Waals surface area contributed by atoms with E-state index in [9.17, 15) is 19.5 Å². The molecule has 2 atom stereocenters. The Morgan fingerprint density at radius 1 is 1.03 bits per heavy atom. The minimum atomic E-state index is -0.934. The Hall–Kier alpha value is -3.35. The van der Waals surface area contributed by atoms with Crippen molar-refractivity contribution in [1.82, 2.24) is 10.6 Å². The van der Waals surface area contributed by atoms with Gasteiger partial charge in [-0.2, -0.15) is 0 Å². The molecule has 2 aromatic rings. The van der Waals surface area contributed by atoms with Crippen molar-refractivity contribution in [3.8, 4) is 11.1 Å². The van der Waals surface area contributed by atoms with Crippen molar-refractivity contribution < 1.29 is 24.2 Å². The lowest BCUT2D eigenvalue weighted by molar-refractivity contribution is -0.139. The van der Waals surface area contributed by atoms with Crippen LogP contribution in [-0.4, -0.2) is 41.3 Å². The molecule has 7 nitrogen and oxygen atoms in total. The molecular formula is C28H34N2O5. The third-order valence-electron chi connectivity index (χ3n) is 7.55. The number of nitrogens with one attached hydrogen (secondary N) is 2. The predicted octanol–water partition coefficient (Wildman–Crippen LogP) is 4.84. The number of aliphatic carboxylic acids is 1. The highest BCUT2D eigenvalue weighted by Crippen LogP contribution is 2.44. The lowest BCUT2D eigenvalue weighted by Crippen LogP contribution is -2.57. The second-order valence-corrected chi connectivity index (χ2v) is 9.88. The molecular weight excluding hydrogens is 444 g/mol. The lowest BCUT2D eigenvalue weighted by Gasteiger charge is -2.32. The van der Waals surface area contributed by atoms with Crippen LogP contribution in [0.15, 0.2) is 48.5 Å². The number of amides is 2. The van der Waals surface area contributed by atoms with Crippen LogP contribution in [0.4, 0.5) is 4.79 Å². The summed E-state index contributed by atoms with van der Waals surface area (Å²) < 4.78 is 5.65. The lowest BCUT2D eigenvalue weighted by atomic mass is 9.91. The van der Waals surface area contributed by atoms with Gasteiger partial charge in [0.1, 0.15) is 12.6 Å². The second-order valence-electron chi connectivity index (χ2n) is 9.88. The third-order valence-corrected chi connectivity index (χ3v) is 7.55. The number of carboxylic acid groups (broad SMARTS) is 1. The number of ether oxygens (including phenoxy) is 1. The van der Waals surface area contributed by atoms with Gasteiger partial charge in [0.2, 0.25) is 5.91 Å². The fourth-order valence-electron chi connectivity index (χ4n) is 5.50. The molecule has 0 aliphatic heterocycles. The molecule has 0 radical (unpaired) electrons. The van der Waals surface area contributed by atoms with E-state index >= 15 is 0 Å². The van der Waals surface area contributed by atoms with E-state index in [0.29, 0.717) is 19.3 Å². The standard InChI is InChI=1S/C28H34N2O5/c1-3-18(2)25(26(33)30-28(16-24(31)32)14-8-9-15-28)29-27(34)35-17-23-21-12-6-4-10-19(21)20-11-5-7-13-22(20)23/h4-7,10-13,18,23,25H,3,8-9,14-17H2,1-2H3,(H,29,34)(H,30,33)(H,31,32)/t18?,25-/m0/s1. The Balaban J connectivity index is 1.43. The zero-order valence-electron chi connectivity index (χ0n) is 20.4. The summed E-state index contributed by atoms with van der Waals surface area (Å²) in [4.78, 5) is 37.5. The zero-order valence-corrected chi connectivity index (χ0v) is 20.4. The number of rotatable bonds is 9. The van der Waals surface area contributed by atoms with Crippen molar-refractivity contribution in [3.05, 3.63) is 59.7 Å². The summed E-state index contributed by atoms with van der Waals surface area (Å²) in [6.07, 6.45) is 2.92. The van der Waals surface area contributed by atoms with Gasteiger partial charge in [-0.1, -0.05) is 81.6 Å². The molecule has 0 spiro atoms. The molecule has 2 amide bonds. The van der Waals surface area contributed by atoms with Gasteiger partial charge in [-0.3, -0.25) is 9.59 Å². The summed E-state index contributed by atoms with van der Waals surface area (Å²) in [6.45, 7) is 4.01. The van der Waals surface area contributed by atoms with Gasteiger partial charge in [-0.15, -0.1) is 0 Å². The molecule has 186 valence electrons. The maximum absolute atomic E-state index is 13.2. The largest absolute Gasteiger partial charge is 0.481 e. The predicted molar refractivity (Wildman–Crippen MR) is 133 cm³/mol. The maximum atomic E-state index is 13.2. The van der Waals surface area contributed by atoms with Crippen LogP contribution >= 0.6 is 0 Å². The van der Waals surface area contributed by atoms with Crippen molar-refractivity contribution in [1.29, 1.82) is 0 Å². The van der Waals surface area contributed by atoms with Gasteiger partial charge in [0.15, 0.2) is 0 Å². The number of hydrogen-bond donors (Lipinski definition) is 3. The molecule has 0 saturated heterocycles. The Morgan fingerprint density at radius 3 is 2.14 bits per heavy atom. The normalized spacial score (nSPS) is 17.7. The van der Waals surface area contributed by atoms with Gasteiger partial charge in [0.05, 0.1) is 12.0 Å². The van der Waals surface area contributed by atoms with Crippen LogP contribution in [0.1, 0.15) is 69.4 Å². The first kappa shape index (κ1) is 24.8. The zero-order chi connectivity index (χ0) is 25.0. The Morgan fingerprint density at radius 2 is 1.60 bits per heavy atom. The van der Waals surface area contributed by atoms with E-state index in [1.54, 1.807) is 0 Å². The topological polar surface area (TPSA) is 105 Å². The first-order chi connectivity index (χ1) is 16.8. The summed E-state index contributed by atoms with van der Waals surface area (Å²) in [5.41, 5.74) is 3.78. The van der Waals surface area contributed by atoms with Gasteiger partial charge < -0.3 is 20.5 Å². The van der Waals surface area contributed by atoms with Crippen molar-refractivity contribution in [3.63, 3.8) is 0 Å². The Bertz CT molecular complexity index is 1050. The summed E-state index contributed by atoms with van der Waals surface area (Å²) in [5, 5.41) is 15.1. The van der Waals surface area contributed by atoms with E-state index in [2.05, 4.69) is 34.9 Å². The molecule has 35 heavy (non-hydrogen) atoms. The van der Waals surface area contributed by atoms with E-state index in [1.807, 2.05) is 38.1 Å². The van der Waals surface area contributed by atoms with Crippen LogP contribution in [0.5, 0.6) is 0 Å². The molecule has 0 bridgehead atoms. The smallest absolute Gasteiger partial charge is 0.407 e. The number of alkyl carbamates (subject to hydrolysis) is 1. The minimum absolute atomic E-state index is 0.0682. The summed E-state index contributed by atoms with van der Waals surface area (Å²) in [7, 11) is 0. The first-order valence-corrected chi connectivity index (χ1v) is 12.5. The van der Waals surface area contributed by atoms with E-state index in [0.717, 1.165) is 35.1 Å². The molecule has 4 rings (SSSR count). The molecule has 2 aliphatic rings. The third kappa shape index (κ3) is 5.34. The van der Waals surface area contributed by atoms with Crippen molar-refractivity contribution in [2.24, 2.45) is 5.92 Å². The monoisotopic (exact) mass is 478 g/mol. The molecule has 1 unspecified atom stereocenters. The number of carboxylic acids is 1. The van der Waals surface area contributed by atoms with Crippen LogP contribution < -0.4 is 10.6 Å². The van der Waals surface area contributed by atoms with Crippen molar-refractivity contribution >= 4 is 18.0 Å². The van der Waals surface area contributed by atoms with E-state index < -0.39 is 23.6 Å². The van der Waals surface area contributed by atoms with Crippen LogP contribution in [0, 0.1) is 5.92 Å². The SMILES string of the molecule is CCC(C)[C@H](NC(=O)OCC1c2ccccc2-c2ccccc21)C(=O)NC1(CC(=O)O)CCCC1. The molecule has 1 saturated carbocycles. The molecule has 1 fully saturated rings. The molecule has 2 aliphatic carbocycles. The highest BCUT2D eigenvalue weighted by molar-refractivity contribution is 5.87. The van der Waals surface area contributed by atoms with Gasteiger partial charge in [-0.25, -0.2) is 4.79 Å². The average Bonchev–Trinajstić information content (AvgIpc) is 3.42. The van der Waals surface area contributed by atoms with E-state index in [-0.39, 0.29) is 30.8 Å². The average molecular weight is 479 g/mol. The van der Waals surface area contributed by atoms with Crippen LogP contribution in [-0.2, 0) is 14.3 Å². The number of hydrogen-bond acceptors (Lipinski definition) is 4. The Labute approximate surface area is 206 Å². The summed E-state index contributed by atoms with van der Waals surface area (Å²) in [5.74, 6) is -1.49.